The molecule has 0 saturated carbocycles. The molecule has 4 rings (SSSR count). The van der Waals surface area contributed by atoms with Crippen LogP contribution in [0.2, 0.25) is 0 Å². The van der Waals surface area contributed by atoms with E-state index in [1.54, 1.807) is 35.3 Å². The molecule has 0 aliphatic rings. The van der Waals surface area contributed by atoms with Gasteiger partial charge in [-0.3, -0.25) is 19.6 Å². The van der Waals surface area contributed by atoms with Gasteiger partial charge < -0.3 is 5.32 Å². The second kappa shape index (κ2) is 7.72. The van der Waals surface area contributed by atoms with Gasteiger partial charge in [-0.15, -0.1) is 0 Å². The Labute approximate surface area is 164 Å². The van der Waals surface area contributed by atoms with Crippen LogP contribution in [0.15, 0.2) is 73.3 Å². The molecule has 144 valence electrons. The Kier molecular flexibility index (Phi) is 4.81. The maximum absolute atomic E-state index is 12.2. The summed E-state index contributed by atoms with van der Waals surface area (Å²) in [5.41, 5.74) is 1.23. The lowest BCUT2D eigenvalue weighted by atomic mass is 10.2. The Hall–Kier alpha value is -4.34. The Balaban J connectivity index is 1.58. The van der Waals surface area contributed by atoms with Crippen molar-refractivity contribution in [1.29, 1.82) is 0 Å². The number of carbonyl (C=O) groups excluding carboxylic acids is 1. The summed E-state index contributed by atoms with van der Waals surface area (Å²) in [6.45, 7) is -0.190. The van der Waals surface area contributed by atoms with Crippen molar-refractivity contribution < 1.29 is 9.72 Å². The highest BCUT2D eigenvalue weighted by molar-refractivity contribution is 5.89. The van der Waals surface area contributed by atoms with Gasteiger partial charge >= 0.3 is 5.69 Å². The lowest BCUT2D eigenvalue weighted by molar-refractivity contribution is -0.384. The van der Waals surface area contributed by atoms with Crippen LogP contribution in [0.25, 0.3) is 16.9 Å². The molecule has 0 saturated heterocycles. The highest BCUT2D eigenvalue weighted by Gasteiger charge is 2.23. The molecule has 10 heteroatoms. The van der Waals surface area contributed by atoms with E-state index in [2.05, 4.69) is 20.5 Å². The van der Waals surface area contributed by atoms with E-state index in [1.165, 1.54) is 17.1 Å². The largest absolute Gasteiger partial charge is 0.315 e. The molecule has 0 aliphatic heterocycles. The first-order valence-corrected chi connectivity index (χ1v) is 8.63. The Morgan fingerprint density at radius 2 is 1.90 bits per heavy atom. The molecule has 0 bridgehead atoms. The lowest BCUT2D eigenvalue weighted by Crippen LogP contribution is -2.19. The van der Waals surface area contributed by atoms with Gasteiger partial charge in [0.15, 0.2) is 5.69 Å². The summed E-state index contributed by atoms with van der Waals surface area (Å²) in [6.07, 6.45) is 5.94. The predicted molar refractivity (Wildman–Crippen MR) is 104 cm³/mol. The van der Waals surface area contributed by atoms with Crippen molar-refractivity contribution in [2.24, 2.45) is 0 Å². The van der Waals surface area contributed by atoms with Crippen LogP contribution in [0.4, 0.5) is 11.5 Å². The summed E-state index contributed by atoms with van der Waals surface area (Å²) in [7, 11) is 0. The first kappa shape index (κ1) is 18.0. The van der Waals surface area contributed by atoms with Crippen molar-refractivity contribution in [2.75, 3.05) is 5.32 Å². The van der Waals surface area contributed by atoms with Crippen LogP contribution in [0, 0.1) is 10.1 Å². The topological polar surface area (TPSA) is 121 Å². The number of carbonyl (C=O) groups is 1. The molecule has 10 nitrogen and oxygen atoms in total. The van der Waals surface area contributed by atoms with Crippen molar-refractivity contribution in [2.45, 2.75) is 6.54 Å². The number of benzene rings is 1. The van der Waals surface area contributed by atoms with Crippen LogP contribution < -0.4 is 5.32 Å². The van der Waals surface area contributed by atoms with Crippen molar-refractivity contribution in [3.63, 3.8) is 0 Å². The van der Waals surface area contributed by atoms with E-state index >= 15 is 0 Å². The summed E-state index contributed by atoms with van der Waals surface area (Å²) in [4.78, 5) is 27.2. The summed E-state index contributed by atoms with van der Waals surface area (Å²) < 4.78 is 2.83. The van der Waals surface area contributed by atoms with Gasteiger partial charge in [0.1, 0.15) is 18.6 Å². The number of anilines is 1. The summed E-state index contributed by atoms with van der Waals surface area (Å²) >= 11 is 0. The maximum Gasteiger partial charge on any atom is 0.315 e. The average molecular weight is 389 g/mol. The number of amides is 1. The van der Waals surface area contributed by atoms with E-state index in [-0.39, 0.29) is 17.9 Å². The fourth-order valence-electron chi connectivity index (χ4n) is 2.76. The minimum atomic E-state index is -0.532. The number of pyridine rings is 1. The third-order valence-electron chi connectivity index (χ3n) is 4.05. The molecule has 1 aromatic carbocycles. The van der Waals surface area contributed by atoms with Crippen molar-refractivity contribution in [3.8, 4) is 16.9 Å². The first-order chi connectivity index (χ1) is 14.1. The maximum atomic E-state index is 12.2. The van der Waals surface area contributed by atoms with Gasteiger partial charge in [0.2, 0.25) is 5.91 Å². The fraction of sp³-hybridized carbons (Fsp3) is 0.0526. The molecule has 3 heterocycles. The molecule has 0 radical (unpaired) electrons. The highest BCUT2D eigenvalue weighted by Crippen LogP contribution is 2.28. The third-order valence-corrected chi connectivity index (χ3v) is 4.05. The van der Waals surface area contributed by atoms with Crippen LogP contribution in [-0.4, -0.2) is 35.4 Å². The first-order valence-electron chi connectivity index (χ1n) is 8.63. The average Bonchev–Trinajstić information content (AvgIpc) is 3.36. The molecule has 1 amide bonds. The van der Waals surface area contributed by atoms with Gasteiger partial charge in [-0.1, -0.05) is 24.3 Å². The van der Waals surface area contributed by atoms with E-state index in [0.717, 1.165) is 5.69 Å². The fourth-order valence-corrected chi connectivity index (χ4v) is 2.76. The van der Waals surface area contributed by atoms with E-state index in [9.17, 15) is 14.9 Å². The quantitative estimate of drug-likeness (QED) is 0.400. The zero-order valence-electron chi connectivity index (χ0n) is 15.0. The number of rotatable bonds is 6. The number of nitrogens with zero attached hydrogens (tertiary/aromatic N) is 6. The molecule has 29 heavy (non-hydrogen) atoms. The molecule has 0 unspecified atom stereocenters. The van der Waals surface area contributed by atoms with Gasteiger partial charge in [-0.25, -0.2) is 9.67 Å². The van der Waals surface area contributed by atoms with E-state index in [4.69, 9.17) is 0 Å². The van der Waals surface area contributed by atoms with Crippen LogP contribution in [0.3, 0.4) is 0 Å². The predicted octanol–water partition coefficient (Wildman–Crippen LogP) is 2.68. The van der Waals surface area contributed by atoms with Crippen LogP contribution in [0.1, 0.15) is 0 Å². The molecule has 0 spiro atoms. The van der Waals surface area contributed by atoms with Crippen molar-refractivity contribution in [3.05, 3.63) is 83.4 Å². The number of nitro groups is 1. The minimum absolute atomic E-state index is 0.141. The van der Waals surface area contributed by atoms with Gasteiger partial charge in [0.05, 0.1) is 16.8 Å². The van der Waals surface area contributed by atoms with Crippen molar-refractivity contribution >= 4 is 17.4 Å². The minimum Gasteiger partial charge on any atom is -0.309 e. The van der Waals surface area contributed by atoms with Gasteiger partial charge in [0, 0.05) is 18.0 Å². The zero-order valence-corrected chi connectivity index (χ0v) is 15.0. The van der Waals surface area contributed by atoms with Gasteiger partial charge in [-0.05, 0) is 24.3 Å². The Morgan fingerprint density at radius 1 is 1.10 bits per heavy atom. The molecular formula is C19H15N7O3. The summed E-state index contributed by atoms with van der Waals surface area (Å²) in [6, 6.07) is 14.5. The van der Waals surface area contributed by atoms with Gasteiger partial charge in [-0.2, -0.15) is 10.2 Å². The summed E-state index contributed by atoms with van der Waals surface area (Å²) in [5, 5.41) is 22.6. The van der Waals surface area contributed by atoms with Gasteiger partial charge in [0.25, 0.3) is 0 Å². The second-order valence-corrected chi connectivity index (χ2v) is 6.09. The molecule has 1 N–H and O–H groups in total. The number of para-hydroxylation sites is 1. The highest BCUT2D eigenvalue weighted by atomic mass is 16.6. The van der Waals surface area contributed by atoms with Crippen LogP contribution in [0.5, 0.6) is 0 Å². The van der Waals surface area contributed by atoms with Crippen molar-refractivity contribution in [1.82, 2.24) is 24.5 Å². The monoisotopic (exact) mass is 389 g/mol. The molecule has 0 aliphatic carbocycles. The summed E-state index contributed by atoms with van der Waals surface area (Å²) in [5.74, 6) is -0.00357. The second-order valence-electron chi connectivity index (χ2n) is 6.09. The Morgan fingerprint density at radius 3 is 2.62 bits per heavy atom. The standard InChI is InChI=1S/C19H15N7O3/c27-18(22-17-8-4-5-9-20-17)13-24-12-16(26(28)29)19(23-24)14-10-21-25(11-14)15-6-2-1-3-7-15/h1-12H,13H2,(H,20,22,27). The number of hydrogen-bond acceptors (Lipinski definition) is 6. The third kappa shape index (κ3) is 4.00. The zero-order chi connectivity index (χ0) is 20.2. The molecular weight excluding hydrogens is 374 g/mol. The normalized spacial score (nSPS) is 10.6. The van der Waals surface area contributed by atoms with Crippen LogP contribution in [-0.2, 0) is 11.3 Å². The van der Waals surface area contributed by atoms with E-state index < -0.39 is 10.8 Å². The molecule has 0 fully saturated rings. The lowest BCUT2D eigenvalue weighted by Gasteiger charge is -2.03. The molecule has 3 aromatic heterocycles. The van der Waals surface area contributed by atoms with E-state index in [1.807, 2.05) is 30.3 Å². The van der Waals surface area contributed by atoms with Crippen LogP contribution >= 0.6 is 0 Å². The SMILES string of the molecule is O=C(Cn1cc([N+](=O)[O-])c(-c2cnn(-c3ccccc3)c2)n1)Nc1ccccn1. The smallest absolute Gasteiger partial charge is 0.309 e. The number of nitrogens with one attached hydrogen (secondary N) is 1. The number of aromatic nitrogens is 5. The Bertz CT molecular complexity index is 1150. The molecule has 4 aromatic rings. The molecule has 0 atom stereocenters. The number of hydrogen-bond donors (Lipinski definition) is 1. The van der Waals surface area contributed by atoms with E-state index in [0.29, 0.717) is 11.4 Å².